The molecule has 0 aliphatic heterocycles. The van der Waals surface area contributed by atoms with Crippen LogP contribution in [0.25, 0.3) is 10.9 Å². The van der Waals surface area contributed by atoms with Gasteiger partial charge >= 0.3 is 0 Å². The highest BCUT2D eigenvalue weighted by Gasteiger charge is 2.32. The van der Waals surface area contributed by atoms with E-state index in [0.29, 0.717) is 11.8 Å². The van der Waals surface area contributed by atoms with Gasteiger partial charge in [-0.2, -0.15) is 0 Å². The predicted molar refractivity (Wildman–Crippen MR) is 109 cm³/mol. The van der Waals surface area contributed by atoms with Gasteiger partial charge in [0.1, 0.15) is 0 Å². The molecule has 0 radical (unpaired) electrons. The van der Waals surface area contributed by atoms with Gasteiger partial charge in [-0.3, -0.25) is 0 Å². The van der Waals surface area contributed by atoms with Gasteiger partial charge in [0, 0.05) is 17.0 Å². The van der Waals surface area contributed by atoms with Crippen LogP contribution < -0.4 is 0 Å². The fourth-order valence-electron chi connectivity index (χ4n) is 4.47. The van der Waals surface area contributed by atoms with Crippen molar-refractivity contribution >= 4 is 22.5 Å². The van der Waals surface area contributed by atoms with E-state index in [2.05, 4.69) is 77.8 Å². The molecule has 2 atom stereocenters. The lowest BCUT2D eigenvalue weighted by Crippen LogP contribution is -2.18. The van der Waals surface area contributed by atoms with Crippen molar-refractivity contribution in [2.45, 2.75) is 24.7 Å². The lowest BCUT2D eigenvalue weighted by Gasteiger charge is -2.30. The summed E-state index contributed by atoms with van der Waals surface area (Å²) in [4.78, 5) is 3.67. The summed E-state index contributed by atoms with van der Waals surface area (Å²) in [5.41, 5.74) is 6.64. The smallest absolute Gasteiger partial charge is 0.0648 e. The maximum absolute atomic E-state index is 6.49. The van der Waals surface area contributed by atoms with Crippen LogP contribution in [0, 0.1) is 0 Å². The van der Waals surface area contributed by atoms with Crippen molar-refractivity contribution in [3.63, 3.8) is 0 Å². The van der Waals surface area contributed by atoms with Crippen LogP contribution >= 0.6 is 11.6 Å². The van der Waals surface area contributed by atoms with Crippen molar-refractivity contribution in [3.05, 3.63) is 106 Å². The van der Waals surface area contributed by atoms with Gasteiger partial charge in [0.15, 0.2) is 0 Å². The monoisotopic (exact) mass is 357 g/mol. The Morgan fingerprint density at radius 1 is 0.769 bits per heavy atom. The first-order chi connectivity index (χ1) is 12.8. The summed E-state index contributed by atoms with van der Waals surface area (Å²) in [5, 5.41) is 2.08. The van der Waals surface area contributed by atoms with Crippen molar-refractivity contribution in [2.75, 3.05) is 0 Å². The second-order valence-electron chi connectivity index (χ2n) is 7.19. The summed E-state index contributed by atoms with van der Waals surface area (Å²) in [6.07, 6.45) is 2.18. The van der Waals surface area contributed by atoms with Crippen molar-refractivity contribution in [2.24, 2.45) is 0 Å². The van der Waals surface area contributed by atoms with Crippen molar-refractivity contribution in [3.8, 4) is 0 Å². The fourth-order valence-corrected chi connectivity index (χ4v) is 4.70. The van der Waals surface area contributed by atoms with E-state index in [-0.39, 0.29) is 0 Å². The normalized spacial score (nSPS) is 19.4. The zero-order chi connectivity index (χ0) is 17.5. The van der Waals surface area contributed by atoms with Gasteiger partial charge < -0.3 is 4.98 Å². The molecule has 0 spiro atoms. The molecule has 2 unspecified atom stereocenters. The third kappa shape index (κ3) is 2.55. The summed E-state index contributed by atoms with van der Waals surface area (Å²) >= 11 is 6.49. The van der Waals surface area contributed by atoms with Gasteiger partial charge in [-0.05, 0) is 41.5 Å². The second-order valence-corrected chi connectivity index (χ2v) is 7.60. The molecule has 0 saturated carbocycles. The van der Waals surface area contributed by atoms with E-state index < -0.39 is 0 Å². The number of hydrogen-bond donors (Lipinski definition) is 1. The Hall–Kier alpha value is -2.51. The molecule has 1 heterocycles. The first kappa shape index (κ1) is 15.7. The predicted octanol–water partition coefficient (Wildman–Crippen LogP) is 6.68. The van der Waals surface area contributed by atoms with Crippen molar-refractivity contribution in [1.29, 1.82) is 0 Å². The molecule has 2 heteroatoms. The number of rotatable bonds is 2. The molecule has 5 rings (SSSR count). The number of aromatic amines is 1. The summed E-state index contributed by atoms with van der Waals surface area (Å²) in [7, 11) is 0. The minimum absolute atomic E-state index is 0.369. The molecule has 1 nitrogen and oxygen atoms in total. The topological polar surface area (TPSA) is 15.8 Å². The highest BCUT2D eigenvalue weighted by Crippen LogP contribution is 2.46. The number of H-pyrrole nitrogens is 1. The lowest BCUT2D eigenvalue weighted by atomic mass is 9.74. The number of halogens is 1. The number of hydrogen-bond acceptors (Lipinski definition) is 0. The van der Waals surface area contributed by atoms with Gasteiger partial charge in [0.25, 0.3) is 0 Å². The SMILES string of the molecule is Clc1cccc2c3c([nH]c12)C(c1ccccc1)CC(c1ccccc1)C3. The van der Waals surface area contributed by atoms with Gasteiger partial charge in [-0.25, -0.2) is 0 Å². The zero-order valence-corrected chi connectivity index (χ0v) is 15.2. The minimum atomic E-state index is 0.369. The average molecular weight is 358 g/mol. The number of benzene rings is 3. The average Bonchev–Trinajstić information content (AvgIpc) is 3.09. The van der Waals surface area contributed by atoms with Crippen LogP contribution in [0.3, 0.4) is 0 Å². The summed E-state index contributed by atoms with van der Waals surface area (Å²) < 4.78 is 0. The lowest BCUT2D eigenvalue weighted by molar-refractivity contribution is 0.532. The van der Waals surface area contributed by atoms with Gasteiger partial charge in [-0.15, -0.1) is 0 Å². The van der Waals surface area contributed by atoms with Crippen LogP contribution in [0.4, 0.5) is 0 Å². The van der Waals surface area contributed by atoms with Gasteiger partial charge in [-0.1, -0.05) is 84.4 Å². The van der Waals surface area contributed by atoms with Gasteiger partial charge in [0.2, 0.25) is 0 Å². The highest BCUT2D eigenvalue weighted by atomic mass is 35.5. The molecule has 26 heavy (non-hydrogen) atoms. The number of aromatic nitrogens is 1. The van der Waals surface area contributed by atoms with Crippen LogP contribution in [-0.4, -0.2) is 4.98 Å². The molecule has 0 bridgehead atoms. The Labute approximate surface area is 158 Å². The summed E-state index contributed by atoms with van der Waals surface area (Å²) in [5.74, 6) is 0.889. The van der Waals surface area contributed by atoms with E-state index in [4.69, 9.17) is 11.6 Å². The molecule has 1 N–H and O–H groups in total. The molecule has 1 aliphatic rings. The van der Waals surface area contributed by atoms with E-state index in [1.807, 2.05) is 6.07 Å². The zero-order valence-electron chi connectivity index (χ0n) is 14.5. The van der Waals surface area contributed by atoms with E-state index in [1.54, 1.807) is 0 Å². The molecule has 0 amide bonds. The third-order valence-corrected chi connectivity index (χ3v) is 6.03. The van der Waals surface area contributed by atoms with Crippen molar-refractivity contribution in [1.82, 2.24) is 4.98 Å². The molecule has 0 fully saturated rings. The van der Waals surface area contributed by atoms with Crippen LogP contribution in [0.15, 0.2) is 78.9 Å². The van der Waals surface area contributed by atoms with Crippen LogP contribution in [0.2, 0.25) is 5.02 Å². The van der Waals surface area contributed by atoms with E-state index >= 15 is 0 Å². The van der Waals surface area contributed by atoms with E-state index in [1.165, 1.54) is 27.8 Å². The van der Waals surface area contributed by atoms with Crippen LogP contribution in [0.5, 0.6) is 0 Å². The molecule has 0 saturated heterocycles. The molecule has 1 aliphatic carbocycles. The molecular weight excluding hydrogens is 338 g/mol. The molecule has 1 aromatic heterocycles. The van der Waals surface area contributed by atoms with Crippen molar-refractivity contribution < 1.29 is 0 Å². The van der Waals surface area contributed by atoms with Gasteiger partial charge in [0.05, 0.1) is 10.5 Å². The second kappa shape index (κ2) is 6.34. The molecular formula is C24H20ClN. The maximum atomic E-state index is 6.49. The quantitative estimate of drug-likeness (QED) is 0.411. The summed E-state index contributed by atoms with van der Waals surface area (Å²) in [6.45, 7) is 0. The Morgan fingerprint density at radius 3 is 2.19 bits per heavy atom. The summed E-state index contributed by atoms with van der Waals surface area (Å²) in [6, 6.07) is 28.0. The first-order valence-electron chi connectivity index (χ1n) is 9.20. The highest BCUT2D eigenvalue weighted by molar-refractivity contribution is 6.35. The first-order valence-corrected chi connectivity index (χ1v) is 9.58. The van der Waals surface area contributed by atoms with Crippen LogP contribution in [-0.2, 0) is 6.42 Å². The Bertz CT molecular complexity index is 1050. The molecule has 128 valence electrons. The van der Waals surface area contributed by atoms with E-state index in [9.17, 15) is 0 Å². The fraction of sp³-hybridized carbons (Fsp3) is 0.167. The largest absolute Gasteiger partial charge is 0.356 e. The Kier molecular flexibility index (Phi) is 3.83. The Morgan fingerprint density at radius 2 is 1.46 bits per heavy atom. The maximum Gasteiger partial charge on any atom is 0.0648 e. The third-order valence-electron chi connectivity index (χ3n) is 5.72. The number of para-hydroxylation sites is 1. The Balaban J connectivity index is 1.70. The van der Waals surface area contributed by atoms with E-state index in [0.717, 1.165) is 23.4 Å². The number of nitrogens with one attached hydrogen (secondary N) is 1. The molecule has 3 aromatic carbocycles. The minimum Gasteiger partial charge on any atom is -0.356 e. The number of fused-ring (bicyclic) bond motifs is 3. The molecule has 4 aromatic rings. The standard InChI is InChI=1S/C24H20ClN/c25-22-13-7-12-19-21-15-18(16-8-3-1-4-9-16)14-20(23(21)26-24(19)22)17-10-5-2-6-11-17/h1-13,18,20,26H,14-15H2. The van der Waals surface area contributed by atoms with Crippen LogP contribution in [0.1, 0.15) is 40.6 Å².